The van der Waals surface area contributed by atoms with Gasteiger partial charge in [-0.2, -0.15) is 0 Å². The monoisotopic (exact) mass is 242 g/mol. The Morgan fingerprint density at radius 1 is 1.33 bits per heavy atom. The smallest absolute Gasteiger partial charge is 0.150 e. The van der Waals surface area contributed by atoms with Crippen LogP contribution in [0.5, 0.6) is 0 Å². The van der Waals surface area contributed by atoms with Crippen LogP contribution >= 0.6 is 0 Å². The maximum absolute atomic E-state index is 11.0. The second-order valence-electron chi connectivity index (χ2n) is 4.88. The van der Waals surface area contributed by atoms with Crippen molar-refractivity contribution in [2.75, 3.05) is 0 Å². The molecule has 3 heteroatoms. The molecule has 0 saturated carbocycles. The van der Waals surface area contributed by atoms with E-state index >= 15 is 0 Å². The van der Waals surface area contributed by atoms with Gasteiger partial charge in [-0.25, -0.2) is 0 Å². The Kier molecular flexibility index (Phi) is 3.72. The summed E-state index contributed by atoms with van der Waals surface area (Å²) in [6.45, 7) is 4.15. The average Bonchev–Trinajstić information content (AvgIpc) is 2.36. The zero-order valence-electron chi connectivity index (χ0n) is 10.8. The van der Waals surface area contributed by atoms with Crippen LogP contribution in [0.15, 0.2) is 30.5 Å². The fourth-order valence-electron chi connectivity index (χ4n) is 2.41. The van der Waals surface area contributed by atoms with Crippen LogP contribution in [0.4, 0.5) is 0 Å². The number of benzene rings is 1. The molecule has 2 rings (SSSR count). The zero-order valence-corrected chi connectivity index (χ0v) is 10.8. The Hall–Kier alpha value is -1.74. The molecule has 2 atom stereocenters. The van der Waals surface area contributed by atoms with E-state index in [2.05, 4.69) is 18.0 Å². The number of carbonyl (C=O) groups excluding carboxylic acids is 1. The molecule has 2 aromatic rings. The standard InChI is InChI=1S/C15H18N2O/c1-10(8-11(2)16)13-4-3-5-14-12(9-18)6-7-17-15(13)14/h3-7,9-11H,8,16H2,1-2H3. The van der Waals surface area contributed by atoms with Crippen molar-refractivity contribution in [3.63, 3.8) is 0 Å². The Bertz CT molecular complexity index is 563. The van der Waals surface area contributed by atoms with Crippen molar-refractivity contribution in [2.24, 2.45) is 5.73 Å². The molecule has 2 unspecified atom stereocenters. The molecule has 0 saturated heterocycles. The van der Waals surface area contributed by atoms with Crippen molar-refractivity contribution < 1.29 is 4.79 Å². The van der Waals surface area contributed by atoms with Gasteiger partial charge in [-0.1, -0.05) is 25.1 Å². The van der Waals surface area contributed by atoms with Crippen molar-refractivity contribution in [2.45, 2.75) is 32.2 Å². The van der Waals surface area contributed by atoms with Crippen LogP contribution in [-0.4, -0.2) is 17.3 Å². The van der Waals surface area contributed by atoms with Gasteiger partial charge in [0.2, 0.25) is 0 Å². The summed E-state index contributed by atoms with van der Waals surface area (Å²) in [6, 6.07) is 7.88. The number of nitrogens with zero attached hydrogens (tertiary/aromatic N) is 1. The first-order valence-corrected chi connectivity index (χ1v) is 6.22. The summed E-state index contributed by atoms with van der Waals surface area (Å²) in [5, 5.41) is 0.918. The highest BCUT2D eigenvalue weighted by molar-refractivity contribution is 5.97. The van der Waals surface area contributed by atoms with E-state index in [1.807, 2.05) is 19.1 Å². The zero-order chi connectivity index (χ0) is 13.1. The lowest BCUT2D eigenvalue weighted by atomic mass is 9.92. The van der Waals surface area contributed by atoms with E-state index in [4.69, 9.17) is 5.73 Å². The third kappa shape index (κ3) is 2.41. The van der Waals surface area contributed by atoms with Crippen molar-refractivity contribution >= 4 is 17.2 Å². The summed E-state index contributed by atoms with van der Waals surface area (Å²) in [6.07, 6.45) is 3.48. The molecule has 0 amide bonds. The number of pyridine rings is 1. The lowest BCUT2D eigenvalue weighted by Gasteiger charge is -2.16. The second kappa shape index (κ2) is 5.27. The van der Waals surface area contributed by atoms with E-state index in [1.165, 1.54) is 0 Å². The molecule has 94 valence electrons. The average molecular weight is 242 g/mol. The van der Waals surface area contributed by atoms with Gasteiger partial charge >= 0.3 is 0 Å². The molecule has 2 N–H and O–H groups in total. The van der Waals surface area contributed by atoms with Gasteiger partial charge in [-0.15, -0.1) is 0 Å². The number of para-hydroxylation sites is 1. The van der Waals surface area contributed by atoms with Gasteiger partial charge in [0, 0.05) is 23.2 Å². The molecule has 0 bridgehead atoms. The number of aldehydes is 1. The molecule has 0 aliphatic rings. The van der Waals surface area contributed by atoms with Crippen molar-refractivity contribution in [3.05, 3.63) is 41.6 Å². The number of hydrogen-bond donors (Lipinski definition) is 1. The van der Waals surface area contributed by atoms with Crippen LogP contribution in [0, 0.1) is 0 Å². The first kappa shape index (κ1) is 12.7. The maximum Gasteiger partial charge on any atom is 0.150 e. The number of aromatic nitrogens is 1. The first-order chi connectivity index (χ1) is 8.63. The number of carbonyl (C=O) groups is 1. The summed E-state index contributed by atoms with van der Waals surface area (Å²) in [5.74, 6) is 0.336. The molecule has 1 aromatic carbocycles. The normalized spacial score (nSPS) is 14.4. The highest BCUT2D eigenvalue weighted by Crippen LogP contribution is 2.27. The highest BCUT2D eigenvalue weighted by Gasteiger charge is 2.13. The van der Waals surface area contributed by atoms with Gasteiger partial charge in [-0.3, -0.25) is 9.78 Å². The molecular formula is C15H18N2O. The Labute approximate surface area is 107 Å². The number of fused-ring (bicyclic) bond motifs is 1. The Morgan fingerprint density at radius 3 is 2.78 bits per heavy atom. The molecule has 0 radical (unpaired) electrons. The SMILES string of the molecule is CC(N)CC(C)c1cccc2c(C=O)ccnc12. The fraction of sp³-hybridized carbons (Fsp3) is 0.333. The van der Waals surface area contributed by atoms with Gasteiger partial charge in [0.05, 0.1) is 5.52 Å². The lowest BCUT2D eigenvalue weighted by Crippen LogP contribution is -2.17. The second-order valence-corrected chi connectivity index (χ2v) is 4.88. The highest BCUT2D eigenvalue weighted by atomic mass is 16.1. The van der Waals surface area contributed by atoms with Crippen LogP contribution < -0.4 is 5.73 Å². The minimum absolute atomic E-state index is 0.157. The van der Waals surface area contributed by atoms with E-state index in [9.17, 15) is 4.79 Å². The summed E-state index contributed by atoms with van der Waals surface area (Å²) in [5.41, 5.74) is 8.62. The molecule has 3 nitrogen and oxygen atoms in total. The Morgan fingerprint density at radius 2 is 2.11 bits per heavy atom. The van der Waals surface area contributed by atoms with E-state index in [0.717, 1.165) is 29.2 Å². The minimum atomic E-state index is 0.157. The van der Waals surface area contributed by atoms with Gasteiger partial charge in [-0.05, 0) is 30.9 Å². The van der Waals surface area contributed by atoms with Crippen LogP contribution in [-0.2, 0) is 0 Å². The molecule has 0 fully saturated rings. The third-order valence-electron chi connectivity index (χ3n) is 3.22. The quantitative estimate of drug-likeness (QED) is 0.839. The number of nitrogens with two attached hydrogens (primary N) is 1. The van der Waals surface area contributed by atoms with E-state index in [-0.39, 0.29) is 6.04 Å². The van der Waals surface area contributed by atoms with Gasteiger partial charge < -0.3 is 5.73 Å². The molecule has 0 aliphatic heterocycles. The molecule has 1 heterocycles. The molecular weight excluding hydrogens is 224 g/mol. The summed E-state index contributed by atoms with van der Waals surface area (Å²) < 4.78 is 0. The molecule has 0 spiro atoms. The third-order valence-corrected chi connectivity index (χ3v) is 3.22. The number of hydrogen-bond acceptors (Lipinski definition) is 3. The van der Waals surface area contributed by atoms with Crippen LogP contribution in [0.3, 0.4) is 0 Å². The van der Waals surface area contributed by atoms with Crippen LogP contribution in [0.25, 0.3) is 10.9 Å². The molecule has 1 aromatic heterocycles. The summed E-state index contributed by atoms with van der Waals surface area (Å²) in [4.78, 5) is 15.5. The minimum Gasteiger partial charge on any atom is -0.328 e. The topological polar surface area (TPSA) is 56.0 Å². The van der Waals surface area contributed by atoms with Crippen molar-refractivity contribution in [1.82, 2.24) is 4.98 Å². The van der Waals surface area contributed by atoms with Gasteiger partial charge in [0.1, 0.15) is 0 Å². The van der Waals surface area contributed by atoms with E-state index in [1.54, 1.807) is 12.3 Å². The van der Waals surface area contributed by atoms with Crippen LogP contribution in [0.1, 0.15) is 42.1 Å². The maximum atomic E-state index is 11.0. The van der Waals surface area contributed by atoms with Gasteiger partial charge in [0.15, 0.2) is 6.29 Å². The molecule has 18 heavy (non-hydrogen) atoms. The predicted molar refractivity (Wildman–Crippen MR) is 73.8 cm³/mol. The predicted octanol–water partition coefficient (Wildman–Crippen LogP) is 2.89. The van der Waals surface area contributed by atoms with Crippen molar-refractivity contribution in [1.29, 1.82) is 0 Å². The summed E-state index contributed by atoms with van der Waals surface area (Å²) in [7, 11) is 0. The summed E-state index contributed by atoms with van der Waals surface area (Å²) >= 11 is 0. The van der Waals surface area contributed by atoms with E-state index < -0.39 is 0 Å². The molecule has 0 aliphatic carbocycles. The van der Waals surface area contributed by atoms with E-state index in [0.29, 0.717) is 11.5 Å². The van der Waals surface area contributed by atoms with Crippen molar-refractivity contribution in [3.8, 4) is 0 Å². The van der Waals surface area contributed by atoms with Gasteiger partial charge in [0.25, 0.3) is 0 Å². The largest absolute Gasteiger partial charge is 0.328 e. The number of rotatable bonds is 4. The van der Waals surface area contributed by atoms with Crippen LogP contribution in [0.2, 0.25) is 0 Å². The first-order valence-electron chi connectivity index (χ1n) is 6.22. The Balaban J connectivity index is 2.55. The fourth-order valence-corrected chi connectivity index (χ4v) is 2.41. The lowest BCUT2D eigenvalue weighted by molar-refractivity contribution is 0.112.